The summed E-state index contributed by atoms with van der Waals surface area (Å²) in [5.41, 5.74) is 5.42. The molecule has 2 rings (SSSR count). The van der Waals surface area contributed by atoms with Crippen LogP contribution in [0.1, 0.15) is 32.6 Å². The first-order valence-corrected chi connectivity index (χ1v) is 5.86. The van der Waals surface area contributed by atoms with Crippen LogP contribution >= 0.6 is 0 Å². The number of rotatable bonds is 4. The van der Waals surface area contributed by atoms with Crippen LogP contribution in [0.4, 0.5) is 0 Å². The molecule has 1 aliphatic carbocycles. The molecule has 4 N–H and O–H groups in total. The van der Waals surface area contributed by atoms with E-state index in [1.54, 1.807) is 0 Å². The lowest BCUT2D eigenvalue weighted by molar-refractivity contribution is -0.127. The second-order valence-electron chi connectivity index (χ2n) is 5.04. The maximum absolute atomic E-state index is 11.9. The fraction of sp³-hybridized carbons (Fsp3) is 0.818. The van der Waals surface area contributed by atoms with Crippen molar-refractivity contribution in [3.63, 3.8) is 0 Å². The molecule has 1 aliphatic heterocycles. The van der Waals surface area contributed by atoms with E-state index in [4.69, 9.17) is 5.73 Å². The summed E-state index contributed by atoms with van der Waals surface area (Å²) < 4.78 is 0. The third-order valence-corrected chi connectivity index (χ3v) is 3.62. The number of nitrogens with two attached hydrogens (primary N) is 1. The van der Waals surface area contributed by atoms with Crippen LogP contribution in [0, 0.1) is 5.92 Å². The Labute approximate surface area is 95.1 Å². The summed E-state index contributed by atoms with van der Waals surface area (Å²) in [6.45, 7) is 2.43. The van der Waals surface area contributed by atoms with Crippen LogP contribution in [0.25, 0.3) is 0 Å². The van der Waals surface area contributed by atoms with Gasteiger partial charge in [-0.15, -0.1) is 0 Å². The number of carbonyl (C=O) groups excluding carboxylic acids is 2. The fourth-order valence-corrected chi connectivity index (χ4v) is 2.22. The predicted molar refractivity (Wildman–Crippen MR) is 59.5 cm³/mol. The van der Waals surface area contributed by atoms with Crippen molar-refractivity contribution in [3.8, 4) is 0 Å². The molecule has 0 aromatic carbocycles. The second-order valence-corrected chi connectivity index (χ2v) is 5.04. The molecule has 2 aliphatic rings. The molecule has 2 amide bonds. The zero-order valence-corrected chi connectivity index (χ0v) is 9.58. The molecule has 5 nitrogen and oxygen atoms in total. The molecule has 0 radical (unpaired) electrons. The van der Waals surface area contributed by atoms with Gasteiger partial charge in [-0.2, -0.15) is 0 Å². The minimum atomic E-state index is -0.364. The van der Waals surface area contributed by atoms with E-state index in [1.807, 2.05) is 6.92 Å². The smallest absolute Gasteiger partial charge is 0.243 e. The Morgan fingerprint density at radius 1 is 1.56 bits per heavy atom. The van der Waals surface area contributed by atoms with Crippen LogP contribution in [0.15, 0.2) is 0 Å². The first kappa shape index (κ1) is 11.4. The number of amides is 2. The SMILES string of the molecule is CC(CN)(NC(=O)C1CCC(=O)N1)C1CC1. The van der Waals surface area contributed by atoms with Gasteiger partial charge in [-0.25, -0.2) is 0 Å². The van der Waals surface area contributed by atoms with Crippen molar-refractivity contribution in [2.75, 3.05) is 6.54 Å². The van der Waals surface area contributed by atoms with Crippen molar-refractivity contribution in [2.24, 2.45) is 11.7 Å². The number of carbonyl (C=O) groups is 2. The third-order valence-electron chi connectivity index (χ3n) is 3.62. The van der Waals surface area contributed by atoms with Crippen molar-refractivity contribution in [1.82, 2.24) is 10.6 Å². The van der Waals surface area contributed by atoms with Gasteiger partial charge in [0, 0.05) is 13.0 Å². The molecule has 90 valence electrons. The Balaban J connectivity index is 1.92. The van der Waals surface area contributed by atoms with Crippen LogP contribution in [-0.4, -0.2) is 29.9 Å². The van der Waals surface area contributed by atoms with Crippen molar-refractivity contribution in [1.29, 1.82) is 0 Å². The summed E-state index contributed by atoms with van der Waals surface area (Å²) in [5.74, 6) is 0.366. The maximum atomic E-state index is 11.9. The van der Waals surface area contributed by atoms with Gasteiger partial charge in [0.25, 0.3) is 0 Å². The zero-order valence-electron chi connectivity index (χ0n) is 9.58. The Kier molecular flexibility index (Phi) is 2.88. The normalized spacial score (nSPS) is 28.4. The van der Waals surface area contributed by atoms with Gasteiger partial charge >= 0.3 is 0 Å². The Morgan fingerprint density at radius 2 is 2.25 bits per heavy atom. The van der Waals surface area contributed by atoms with E-state index in [9.17, 15) is 9.59 Å². The van der Waals surface area contributed by atoms with Crippen LogP contribution in [0.5, 0.6) is 0 Å². The minimum Gasteiger partial charge on any atom is -0.348 e. The number of hydrogen-bond donors (Lipinski definition) is 3. The van der Waals surface area contributed by atoms with Crippen molar-refractivity contribution in [2.45, 2.75) is 44.2 Å². The number of nitrogens with one attached hydrogen (secondary N) is 2. The van der Waals surface area contributed by atoms with E-state index in [1.165, 1.54) is 0 Å². The molecule has 2 atom stereocenters. The monoisotopic (exact) mass is 225 g/mol. The molecule has 0 aromatic heterocycles. The molecule has 16 heavy (non-hydrogen) atoms. The van der Waals surface area contributed by atoms with Crippen LogP contribution in [-0.2, 0) is 9.59 Å². The van der Waals surface area contributed by atoms with Gasteiger partial charge in [0.15, 0.2) is 0 Å². The summed E-state index contributed by atoms with van der Waals surface area (Å²) in [4.78, 5) is 22.9. The van der Waals surface area contributed by atoms with Gasteiger partial charge in [0.1, 0.15) is 6.04 Å². The molecule has 2 unspecified atom stereocenters. The summed E-state index contributed by atoms with van der Waals surface area (Å²) in [5, 5.41) is 5.66. The largest absolute Gasteiger partial charge is 0.348 e. The molecule has 0 bridgehead atoms. The lowest BCUT2D eigenvalue weighted by Gasteiger charge is -2.30. The van der Waals surface area contributed by atoms with Crippen molar-refractivity contribution < 1.29 is 9.59 Å². The summed E-state index contributed by atoms with van der Waals surface area (Å²) >= 11 is 0. The summed E-state index contributed by atoms with van der Waals surface area (Å²) in [7, 11) is 0. The van der Waals surface area contributed by atoms with E-state index >= 15 is 0 Å². The van der Waals surface area contributed by atoms with Gasteiger partial charge in [-0.1, -0.05) is 0 Å². The van der Waals surface area contributed by atoms with Crippen LogP contribution < -0.4 is 16.4 Å². The molecule has 5 heteroatoms. The van der Waals surface area contributed by atoms with E-state index in [0.717, 1.165) is 12.8 Å². The highest BCUT2D eigenvalue weighted by atomic mass is 16.2. The molecule has 2 fully saturated rings. The quantitative estimate of drug-likeness (QED) is 0.603. The first-order chi connectivity index (χ1) is 7.55. The topological polar surface area (TPSA) is 84.2 Å². The van der Waals surface area contributed by atoms with E-state index in [2.05, 4.69) is 10.6 Å². The molecular formula is C11H19N3O2. The Morgan fingerprint density at radius 3 is 2.69 bits per heavy atom. The standard InChI is InChI=1S/C11H19N3O2/c1-11(6-12,7-2-3-7)14-10(16)8-4-5-9(15)13-8/h7-8H,2-6,12H2,1H3,(H,13,15)(H,14,16). The molecule has 1 saturated carbocycles. The van der Waals surface area contributed by atoms with E-state index < -0.39 is 0 Å². The first-order valence-electron chi connectivity index (χ1n) is 5.86. The minimum absolute atomic E-state index is 0.0407. The van der Waals surface area contributed by atoms with Crippen LogP contribution in [0.3, 0.4) is 0 Å². The average Bonchev–Trinajstić information content (AvgIpc) is 3.02. The average molecular weight is 225 g/mol. The molecule has 0 aromatic rings. The summed E-state index contributed by atoms with van der Waals surface area (Å²) in [6, 6.07) is -0.364. The second kappa shape index (κ2) is 4.05. The lowest BCUT2D eigenvalue weighted by atomic mass is 9.95. The predicted octanol–water partition coefficient (Wildman–Crippen LogP) is -0.491. The molecule has 1 saturated heterocycles. The van der Waals surface area contributed by atoms with Gasteiger partial charge in [-0.3, -0.25) is 9.59 Å². The third kappa shape index (κ3) is 2.19. The lowest BCUT2D eigenvalue weighted by Crippen LogP contribution is -2.57. The maximum Gasteiger partial charge on any atom is 0.243 e. The highest BCUT2D eigenvalue weighted by Crippen LogP contribution is 2.39. The molecule has 0 spiro atoms. The Hall–Kier alpha value is -1.10. The highest BCUT2D eigenvalue weighted by molar-refractivity contribution is 5.91. The Bertz CT molecular complexity index is 314. The van der Waals surface area contributed by atoms with Gasteiger partial charge < -0.3 is 16.4 Å². The van der Waals surface area contributed by atoms with Gasteiger partial charge in [0.2, 0.25) is 11.8 Å². The van der Waals surface area contributed by atoms with E-state index in [0.29, 0.717) is 25.3 Å². The highest BCUT2D eigenvalue weighted by Gasteiger charge is 2.43. The summed E-state index contributed by atoms with van der Waals surface area (Å²) in [6.07, 6.45) is 3.30. The molecular weight excluding hydrogens is 206 g/mol. The number of hydrogen-bond acceptors (Lipinski definition) is 3. The fourth-order valence-electron chi connectivity index (χ4n) is 2.22. The molecule has 1 heterocycles. The van der Waals surface area contributed by atoms with E-state index in [-0.39, 0.29) is 23.4 Å². The van der Waals surface area contributed by atoms with Crippen molar-refractivity contribution in [3.05, 3.63) is 0 Å². The van der Waals surface area contributed by atoms with Gasteiger partial charge in [-0.05, 0) is 32.1 Å². The van der Waals surface area contributed by atoms with Gasteiger partial charge in [0.05, 0.1) is 5.54 Å². The zero-order chi connectivity index (χ0) is 11.8. The van der Waals surface area contributed by atoms with Crippen molar-refractivity contribution >= 4 is 11.8 Å². The van der Waals surface area contributed by atoms with Crippen LogP contribution in [0.2, 0.25) is 0 Å².